The first-order chi connectivity index (χ1) is 17.5. The number of pyridine rings is 1. The number of piperidine rings is 1. The number of carboxylic acid groups (broad SMARTS) is 1. The Balaban J connectivity index is 1.39. The highest BCUT2D eigenvalue weighted by Crippen LogP contribution is 2.36. The van der Waals surface area contributed by atoms with Crippen LogP contribution in [0.3, 0.4) is 0 Å². The molecule has 8 heteroatoms. The van der Waals surface area contributed by atoms with E-state index in [1.54, 1.807) is 31.8 Å². The number of benzene rings is 1. The SMILES string of the molecule is COc1ccc2nccc(C(F)CC[C@@H]3CCN(CC#Cc4cncnc4)C[C@@H]3CCC(=O)O)c2c1. The van der Waals surface area contributed by atoms with Crippen LogP contribution in [-0.4, -0.2) is 57.7 Å². The number of rotatable bonds is 9. The summed E-state index contributed by atoms with van der Waals surface area (Å²) in [7, 11) is 1.59. The number of ether oxygens (including phenoxy) is 1. The molecular formula is C28H31FN4O3. The van der Waals surface area contributed by atoms with Gasteiger partial charge in [-0.25, -0.2) is 14.4 Å². The van der Waals surface area contributed by atoms with Crippen LogP contribution >= 0.6 is 0 Å². The Morgan fingerprint density at radius 1 is 1.25 bits per heavy atom. The van der Waals surface area contributed by atoms with Crippen LogP contribution in [0.2, 0.25) is 0 Å². The monoisotopic (exact) mass is 490 g/mol. The predicted octanol–water partition coefficient (Wildman–Crippen LogP) is 4.68. The van der Waals surface area contributed by atoms with Gasteiger partial charge in [0, 0.05) is 36.9 Å². The first-order valence-corrected chi connectivity index (χ1v) is 12.3. The minimum Gasteiger partial charge on any atom is -0.497 e. The average molecular weight is 491 g/mol. The largest absolute Gasteiger partial charge is 0.497 e. The molecule has 0 radical (unpaired) electrons. The van der Waals surface area contributed by atoms with Gasteiger partial charge in [0.15, 0.2) is 0 Å². The van der Waals surface area contributed by atoms with Crippen LogP contribution in [0.5, 0.6) is 5.75 Å². The molecular weight excluding hydrogens is 459 g/mol. The lowest BCUT2D eigenvalue weighted by Gasteiger charge is -2.38. The first-order valence-electron chi connectivity index (χ1n) is 12.3. The van der Waals surface area contributed by atoms with Gasteiger partial charge >= 0.3 is 5.97 Å². The van der Waals surface area contributed by atoms with Crippen LogP contribution in [0.15, 0.2) is 49.2 Å². The van der Waals surface area contributed by atoms with E-state index in [2.05, 4.69) is 31.7 Å². The smallest absolute Gasteiger partial charge is 0.303 e. The van der Waals surface area contributed by atoms with Gasteiger partial charge in [-0.05, 0) is 73.9 Å². The summed E-state index contributed by atoms with van der Waals surface area (Å²) in [6.45, 7) is 2.23. The van der Waals surface area contributed by atoms with E-state index in [9.17, 15) is 9.90 Å². The molecule has 36 heavy (non-hydrogen) atoms. The Bertz CT molecular complexity index is 1230. The number of alkyl halides is 1. The van der Waals surface area contributed by atoms with Gasteiger partial charge in [0.2, 0.25) is 0 Å². The van der Waals surface area contributed by atoms with Crippen LogP contribution in [-0.2, 0) is 4.79 Å². The third-order valence-corrected chi connectivity index (χ3v) is 6.91. The Hall–Kier alpha value is -3.57. The Kier molecular flexibility index (Phi) is 8.80. The second-order valence-electron chi connectivity index (χ2n) is 9.23. The van der Waals surface area contributed by atoms with Gasteiger partial charge in [-0.2, -0.15) is 0 Å². The fourth-order valence-corrected chi connectivity index (χ4v) is 5.00. The second-order valence-corrected chi connectivity index (χ2v) is 9.23. The third-order valence-electron chi connectivity index (χ3n) is 6.91. The van der Waals surface area contributed by atoms with E-state index in [0.717, 1.165) is 36.0 Å². The van der Waals surface area contributed by atoms with Crippen molar-refractivity contribution in [3.8, 4) is 17.6 Å². The van der Waals surface area contributed by atoms with Crippen molar-refractivity contribution in [1.29, 1.82) is 0 Å². The Morgan fingerprint density at radius 3 is 2.86 bits per heavy atom. The molecule has 188 valence electrons. The number of nitrogens with zero attached hydrogens (tertiary/aromatic N) is 4. The van der Waals surface area contributed by atoms with Crippen molar-refractivity contribution >= 4 is 16.9 Å². The summed E-state index contributed by atoms with van der Waals surface area (Å²) >= 11 is 0. The van der Waals surface area contributed by atoms with Crippen molar-refractivity contribution in [2.24, 2.45) is 11.8 Å². The first kappa shape index (κ1) is 25.5. The summed E-state index contributed by atoms with van der Waals surface area (Å²) < 4.78 is 20.8. The lowest BCUT2D eigenvalue weighted by Crippen LogP contribution is -2.41. The zero-order valence-corrected chi connectivity index (χ0v) is 20.4. The average Bonchev–Trinajstić information content (AvgIpc) is 2.91. The Labute approximate surface area is 210 Å². The van der Waals surface area contributed by atoms with E-state index in [-0.39, 0.29) is 18.3 Å². The number of hydrogen-bond donors (Lipinski definition) is 1. The minimum atomic E-state index is -1.13. The quantitative estimate of drug-likeness (QED) is 0.436. The highest BCUT2D eigenvalue weighted by Gasteiger charge is 2.30. The molecule has 1 aliphatic rings. The van der Waals surface area contributed by atoms with Crippen LogP contribution in [0.4, 0.5) is 4.39 Å². The zero-order chi connectivity index (χ0) is 25.3. The molecule has 1 unspecified atom stereocenters. The van der Waals surface area contributed by atoms with E-state index < -0.39 is 12.1 Å². The zero-order valence-electron chi connectivity index (χ0n) is 20.4. The molecule has 0 spiro atoms. The topological polar surface area (TPSA) is 88.4 Å². The van der Waals surface area contributed by atoms with Crippen LogP contribution in [0.1, 0.15) is 49.4 Å². The number of halogens is 1. The minimum absolute atomic E-state index is 0.121. The number of methoxy groups -OCH3 is 1. The summed E-state index contributed by atoms with van der Waals surface area (Å²) in [6, 6.07) is 7.25. The van der Waals surface area contributed by atoms with Gasteiger partial charge in [0.05, 0.1) is 24.7 Å². The fourth-order valence-electron chi connectivity index (χ4n) is 5.00. The Morgan fingerprint density at radius 2 is 2.08 bits per heavy atom. The molecule has 4 rings (SSSR count). The molecule has 7 nitrogen and oxygen atoms in total. The van der Waals surface area contributed by atoms with Crippen molar-refractivity contribution in [3.05, 3.63) is 60.3 Å². The summed E-state index contributed by atoms with van der Waals surface area (Å²) in [5.41, 5.74) is 2.13. The number of carbonyl (C=O) groups is 1. The molecule has 0 bridgehead atoms. The van der Waals surface area contributed by atoms with Gasteiger partial charge in [-0.15, -0.1) is 0 Å². The number of hydrogen-bond acceptors (Lipinski definition) is 6. The standard InChI is InChI=1S/C28H31FN4O3/c1-36-23-6-8-27-25(15-23)24(10-12-32-27)26(29)7-4-21-11-14-33(18-22(21)5-9-28(34)35)13-2-3-20-16-30-19-31-17-20/h6,8,10,12,15-17,19,21-22,26H,4-5,7,9,11,13-14,18H2,1H3,(H,34,35)/t21-,22+,26?/m1/s1. The maximum absolute atomic E-state index is 15.5. The van der Waals surface area contributed by atoms with Gasteiger partial charge in [0.25, 0.3) is 0 Å². The molecule has 2 aromatic heterocycles. The van der Waals surface area contributed by atoms with E-state index in [1.807, 2.05) is 18.2 Å². The number of likely N-dealkylation sites (tertiary alicyclic amines) is 1. The summed E-state index contributed by atoms with van der Waals surface area (Å²) in [5.74, 6) is 6.59. The fraction of sp³-hybridized carbons (Fsp3) is 0.429. The van der Waals surface area contributed by atoms with E-state index in [1.165, 1.54) is 6.33 Å². The molecule has 3 atom stereocenters. The highest BCUT2D eigenvalue weighted by molar-refractivity contribution is 5.83. The maximum atomic E-state index is 15.5. The van der Waals surface area contributed by atoms with Gasteiger partial charge in [-0.1, -0.05) is 11.8 Å². The molecule has 1 fully saturated rings. The predicted molar refractivity (Wildman–Crippen MR) is 135 cm³/mol. The van der Waals surface area contributed by atoms with Crippen LogP contribution in [0, 0.1) is 23.7 Å². The number of aliphatic carboxylic acids is 1. The molecule has 3 aromatic rings. The van der Waals surface area contributed by atoms with Crippen molar-refractivity contribution in [1.82, 2.24) is 19.9 Å². The van der Waals surface area contributed by atoms with Gasteiger partial charge < -0.3 is 9.84 Å². The molecule has 0 amide bonds. The lowest BCUT2D eigenvalue weighted by atomic mass is 9.79. The summed E-state index contributed by atoms with van der Waals surface area (Å²) in [6.07, 6.45) is 8.05. The number of fused-ring (bicyclic) bond motifs is 1. The van der Waals surface area contributed by atoms with Crippen molar-refractivity contribution in [2.75, 3.05) is 26.7 Å². The highest BCUT2D eigenvalue weighted by atomic mass is 19.1. The third kappa shape index (κ3) is 6.76. The van der Waals surface area contributed by atoms with Crippen molar-refractivity contribution in [3.63, 3.8) is 0 Å². The normalized spacial score (nSPS) is 18.8. The van der Waals surface area contributed by atoms with Crippen molar-refractivity contribution < 1.29 is 19.0 Å². The van der Waals surface area contributed by atoms with Gasteiger partial charge in [0.1, 0.15) is 18.2 Å². The molecule has 0 aliphatic carbocycles. The lowest BCUT2D eigenvalue weighted by molar-refractivity contribution is -0.137. The number of carboxylic acids is 1. The molecule has 3 heterocycles. The summed E-state index contributed by atoms with van der Waals surface area (Å²) in [4.78, 5) is 25.8. The van der Waals surface area contributed by atoms with Crippen LogP contribution < -0.4 is 4.74 Å². The van der Waals surface area contributed by atoms with Gasteiger partial charge in [-0.3, -0.25) is 14.7 Å². The molecule has 0 saturated carbocycles. The molecule has 1 aromatic carbocycles. The van der Waals surface area contributed by atoms with E-state index in [4.69, 9.17) is 4.74 Å². The number of aromatic nitrogens is 3. The van der Waals surface area contributed by atoms with E-state index in [0.29, 0.717) is 37.1 Å². The summed E-state index contributed by atoms with van der Waals surface area (Å²) in [5, 5.41) is 10.0. The second kappa shape index (κ2) is 12.4. The molecule has 1 aliphatic heterocycles. The van der Waals surface area contributed by atoms with Crippen molar-refractivity contribution in [2.45, 2.75) is 38.3 Å². The van der Waals surface area contributed by atoms with E-state index >= 15 is 4.39 Å². The maximum Gasteiger partial charge on any atom is 0.303 e. The molecule has 1 saturated heterocycles. The molecule has 1 N–H and O–H groups in total. The van der Waals surface area contributed by atoms with Crippen LogP contribution in [0.25, 0.3) is 10.9 Å².